The molecule has 0 aliphatic carbocycles. The normalized spacial score (nSPS) is 11.2. The van der Waals surface area contributed by atoms with Gasteiger partial charge in [0.25, 0.3) is 0 Å². The molecule has 1 rings (SSSR count). The van der Waals surface area contributed by atoms with Crippen molar-refractivity contribution < 1.29 is 14.6 Å². The molecule has 1 aromatic rings. The van der Waals surface area contributed by atoms with Gasteiger partial charge >= 0.3 is 5.97 Å². The molecule has 0 aromatic heterocycles. The predicted octanol–water partition coefficient (Wildman–Crippen LogP) is 3.19. The molecule has 0 saturated heterocycles. The van der Waals surface area contributed by atoms with Crippen LogP contribution >= 0.6 is 0 Å². The minimum atomic E-state index is -0.362. The molecule has 0 amide bonds. The monoisotopic (exact) mass is 267 g/mol. The number of hydrogen-bond acceptors (Lipinski definition) is 4. The topological polar surface area (TPSA) is 72.5 Å². The summed E-state index contributed by atoms with van der Waals surface area (Å²) < 4.78 is 4.98. The van der Waals surface area contributed by atoms with Crippen molar-refractivity contribution in [3.05, 3.63) is 23.8 Å². The van der Waals surface area contributed by atoms with Gasteiger partial charge in [0, 0.05) is 6.42 Å². The molecule has 19 heavy (non-hydrogen) atoms. The Labute approximate surface area is 115 Å². The van der Waals surface area contributed by atoms with Crippen LogP contribution in [0.25, 0.3) is 0 Å². The van der Waals surface area contributed by atoms with Gasteiger partial charge < -0.3 is 15.6 Å². The molecular weight excluding hydrogens is 242 g/mol. The molecule has 4 nitrogen and oxygen atoms in total. The largest absolute Gasteiger partial charge is 0.504 e. The van der Waals surface area contributed by atoms with E-state index in [0.29, 0.717) is 6.54 Å². The van der Waals surface area contributed by atoms with E-state index in [0.717, 1.165) is 12.0 Å². The van der Waals surface area contributed by atoms with Crippen molar-refractivity contribution in [2.75, 3.05) is 6.54 Å². The lowest BCUT2D eigenvalue weighted by Crippen LogP contribution is -2.11. The van der Waals surface area contributed by atoms with Gasteiger partial charge in [-0.3, -0.25) is 4.79 Å². The van der Waals surface area contributed by atoms with Crippen LogP contribution in [0.4, 0.5) is 0 Å². The number of carbonyl (C=O) groups is 1. The first-order chi connectivity index (χ1) is 9.12. The van der Waals surface area contributed by atoms with Gasteiger partial charge in [0.2, 0.25) is 0 Å². The van der Waals surface area contributed by atoms with Gasteiger partial charge in [-0.05, 0) is 36.6 Å². The lowest BCUT2D eigenvalue weighted by Gasteiger charge is -2.14. The summed E-state index contributed by atoms with van der Waals surface area (Å²) in [6, 6.07) is 5.05. The number of phenolic OH excluding ortho intramolecular Hbond substituents is 1. The third-order valence-corrected chi connectivity index (χ3v) is 2.74. The molecular formula is C15H25NO3. The SMILES string of the molecule is CC.CCC(=O)Oc1ccc(C(CC)CN)cc1O. The summed E-state index contributed by atoms with van der Waals surface area (Å²) in [5.41, 5.74) is 6.60. The fourth-order valence-electron chi connectivity index (χ4n) is 1.61. The zero-order valence-electron chi connectivity index (χ0n) is 12.3. The van der Waals surface area contributed by atoms with Crippen molar-refractivity contribution >= 4 is 5.97 Å². The van der Waals surface area contributed by atoms with E-state index < -0.39 is 0 Å². The lowest BCUT2D eigenvalue weighted by molar-refractivity contribution is -0.134. The number of esters is 1. The van der Waals surface area contributed by atoms with Crippen molar-refractivity contribution in [2.45, 2.75) is 46.5 Å². The summed E-state index contributed by atoms with van der Waals surface area (Å²) in [5, 5.41) is 9.76. The van der Waals surface area contributed by atoms with Crippen LogP contribution in [0.3, 0.4) is 0 Å². The maximum absolute atomic E-state index is 11.1. The molecule has 3 N–H and O–H groups in total. The number of hydrogen-bond donors (Lipinski definition) is 2. The highest BCUT2D eigenvalue weighted by Crippen LogP contribution is 2.30. The third-order valence-electron chi connectivity index (χ3n) is 2.74. The molecule has 1 aromatic carbocycles. The van der Waals surface area contributed by atoms with Gasteiger partial charge in [0.15, 0.2) is 11.5 Å². The molecule has 0 spiro atoms. The van der Waals surface area contributed by atoms with E-state index in [2.05, 4.69) is 0 Å². The van der Waals surface area contributed by atoms with Gasteiger partial charge in [-0.25, -0.2) is 0 Å². The molecule has 1 atom stereocenters. The second-order valence-electron chi connectivity index (χ2n) is 3.90. The molecule has 0 heterocycles. The third kappa shape index (κ3) is 5.30. The van der Waals surface area contributed by atoms with Crippen molar-refractivity contribution in [1.82, 2.24) is 0 Å². The molecule has 0 aliphatic heterocycles. The summed E-state index contributed by atoms with van der Waals surface area (Å²) in [5.74, 6) is 0.0411. The van der Waals surface area contributed by atoms with E-state index in [1.165, 1.54) is 0 Å². The maximum atomic E-state index is 11.1. The fraction of sp³-hybridized carbons (Fsp3) is 0.533. The number of nitrogens with two attached hydrogens (primary N) is 1. The zero-order valence-corrected chi connectivity index (χ0v) is 12.3. The van der Waals surface area contributed by atoms with Crippen molar-refractivity contribution in [1.29, 1.82) is 0 Å². The van der Waals surface area contributed by atoms with Gasteiger partial charge in [0.05, 0.1) is 0 Å². The average Bonchev–Trinajstić information content (AvgIpc) is 2.45. The molecule has 1 unspecified atom stereocenters. The Morgan fingerprint density at radius 3 is 2.42 bits per heavy atom. The van der Waals surface area contributed by atoms with Gasteiger partial charge in [-0.2, -0.15) is 0 Å². The molecule has 0 aliphatic rings. The quantitative estimate of drug-likeness (QED) is 0.635. The van der Waals surface area contributed by atoms with E-state index in [-0.39, 0.29) is 29.8 Å². The van der Waals surface area contributed by atoms with E-state index in [9.17, 15) is 9.90 Å². The maximum Gasteiger partial charge on any atom is 0.311 e. The highest BCUT2D eigenvalue weighted by molar-refractivity contribution is 5.72. The number of ether oxygens (including phenoxy) is 1. The summed E-state index contributed by atoms with van der Waals surface area (Å²) in [6.07, 6.45) is 1.19. The minimum absolute atomic E-state index is 0.0174. The van der Waals surface area contributed by atoms with Crippen molar-refractivity contribution in [3.8, 4) is 11.5 Å². The molecule has 4 heteroatoms. The van der Waals surface area contributed by atoms with E-state index in [1.807, 2.05) is 26.8 Å². The van der Waals surface area contributed by atoms with Crippen LogP contribution in [0, 0.1) is 0 Å². The number of rotatable bonds is 5. The first-order valence-electron chi connectivity index (χ1n) is 6.86. The van der Waals surface area contributed by atoms with Gasteiger partial charge in [-0.15, -0.1) is 0 Å². The Morgan fingerprint density at radius 2 is 2.00 bits per heavy atom. The molecule has 0 saturated carbocycles. The smallest absolute Gasteiger partial charge is 0.311 e. The second kappa shape index (κ2) is 9.39. The lowest BCUT2D eigenvalue weighted by atomic mass is 9.96. The predicted molar refractivity (Wildman–Crippen MR) is 77.5 cm³/mol. The molecule has 0 bridgehead atoms. The number of carbonyl (C=O) groups excluding carboxylic acids is 1. The molecule has 0 fully saturated rings. The van der Waals surface area contributed by atoms with Crippen molar-refractivity contribution in [3.63, 3.8) is 0 Å². The minimum Gasteiger partial charge on any atom is -0.504 e. The van der Waals surface area contributed by atoms with Gasteiger partial charge in [0.1, 0.15) is 0 Å². The summed E-state index contributed by atoms with van der Waals surface area (Å²) >= 11 is 0. The van der Waals surface area contributed by atoms with Crippen LogP contribution in [0.2, 0.25) is 0 Å². The Balaban J connectivity index is 0.00000154. The fourth-order valence-corrected chi connectivity index (χ4v) is 1.61. The Kier molecular flexibility index (Phi) is 8.62. The Bertz CT molecular complexity index is 387. The first kappa shape index (κ1) is 17.4. The van der Waals surface area contributed by atoms with Crippen LogP contribution in [0.1, 0.15) is 52.0 Å². The summed E-state index contributed by atoms with van der Waals surface area (Å²) in [4.78, 5) is 11.1. The first-order valence-corrected chi connectivity index (χ1v) is 6.86. The van der Waals surface area contributed by atoms with Gasteiger partial charge in [-0.1, -0.05) is 33.8 Å². The number of phenols is 1. The van der Waals surface area contributed by atoms with E-state index >= 15 is 0 Å². The van der Waals surface area contributed by atoms with Crippen LogP contribution in [0.15, 0.2) is 18.2 Å². The number of aromatic hydroxyl groups is 1. The summed E-state index contributed by atoms with van der Waals surface area (Å²) in [6.45, 7) is 8.28. The number of benzene rings is 1. The van der Waals surface area contributed by atoms with E-state index in [1.54, 1.807) is 19.1 Å². The van der Waals surface area contributed by atoms with Crippen molar-refractivity contribution in [2.24, 2.45) is 5.73 Å². The van der Waals surface area contributed by atoms with E-state index in [4.69, 9.17) is 10.5 Å². The average molecular weight is 267 g/mol. The van der Waals surface area contributed by atoms with Crippen LogP contribution in [-0.4, -0.2) is 17.6 Å². The highest BCUT2D eigenvalue weighted by Gasteiger charge is 2.12. The van der Waals surface area contributed by atoms with Crippen LogP contribution in [-0.2, 0) is 4.79 Å². The van der Waals surface area contributed by atoms with Crippen LogP contribution in [0.5, 0.6) is 11.5 Å². The Morgan fingerprint density at radius 1 is 1.37 bits per heavy atom. The standard InChI is InChI=1S/C13H19NO3.C2H6/c1-3-9(8-14)10-5-6-12(11(15)7-10)17-13(16)4-2;1-2/h5-7,9,15H,3-4,8,14H2,1-2H3;1-2H3. The second-order valence-corrected chi connectivity index (χ2v) is 3.90. The Hall–Kier alpha value is -1.55. The zero-order chi connectivity index (χ0) is 14.8. The summed E-state index contributed by atoms with van der Waals surface area (Å²) in [7, 11) is 0. The van der Waals surface area contributed by atoms with Crippen LogP contribution < -0.4 is 10.5 Å². The molecule has 0 radical (unpaired) electrons. The highest BCUT2D eigenvalue weighted by atomic mass is 16.5. The molecule has 108 valence electrons.